The number of amides is 1. The van der Waals surface area contributed by atoms with Gasteiger partial charge in [0.25, 0.3) is 5.91 Å². The lowest BCUT2D eigenvalue weighted by atomic mass is 9.95. The van der Waals surface area contributed by atoms with Crippen LogP contribution in [0.5, 0.6) is 0 Å². The maximum atomic E-state index is 13.4. The van der Waals surface area contributed by atoms with E-state index in [1.54, 1.807) is 24.7 Å². The monoisotopic (exact) mass is 450 g/mol. The summed E-state index contributed by atoms with van der Waals surface area (Å²) in [7, 11) is 0. The number of halogens is 1. The molecule has 6 nitrogen and oxygen atoms in total. The van der Waals surface area contributed by atoms with E-state index < -0.39 is 0 Å². The predicted octanol–water partition coefficient (Wildman–Crippen LogP) is 4.27. The van der Waals surface area contributed by atoms with Gasteiger partial charge in [-0.2, -0.15) is 0 Å². The van der Waals surface area contributed by atoms with Crippen LogP contribution >= 0.6 is 0 Å². The minimum absolute atomic E-state index is 0.0157. The van der Waals surface area contributed by atoms with Gasteiger partial charge in [0.2, 0.25) is 0 Å². The van der Waals surface area contributed by atoms with Crippen LogP contribution in [0.15, 0.2) is 61.1 Å². The SMILES string of the molecule is CC(c1ccccc1-c1ccc(F)cc1)n1cncc1C(=O)N1CCCC(OCCN)CC1. The molecule has 1 aliphatic rings. The molecule has 2 N–H and O–H groups in total. The highest BCUT2D eigenvalue weighted by atomic mass is 19.1. The van der Waals surface area contributed by atoms with Gasteiger partial charge in [0.15, 0.2) is 0 Å². The Bertz CT molecular complexity index is 1070. The van der Waals surface area contributed by atoms with Crippen LogP contribution < -0.4 is 5.73 Å². The molecular formula is C26H31FN4O2. The van der Waals surface area contributed by atoms with Gasteiger partial charge in [0.1, 0.15) is 11.5 Å². The molecule has 2 aromatic carbocycles. The Labute approximate surface area is 194 Å². The first-order chi connectivity index (χ1) is 16.1. The van der Waals surface area contributed by atoms with Crippen molar-refractivity contribution < 1.29 is 13.9 Å². The third-order valence-electron chi connectivity index (χ3n) is 6.30. The van der Waals surface area contributed by atoms with Gasteiger partial charge < -0.3 is 19.9 Å². The highest BCUT2D eigenvalue weighted by Gasteiger charge is 2.26. The molecule has 0 spiro atoms. The summed E-state index contributed by atoms with van der Waals surface area (Å²) in [4.78, 5) is 19.7. The molecule has 0 saturated carbocycles. The molecule has 7 heteroatoms. The summed E-state index contributed by atoms with van der Waals surface area (Å²) in [6.45, 7) is 4.47. The Hall–Kier alpha value is -3.03. The molecule has 4 rings (SSSR count). The van der Waals surface area contributed by atoms with Crippen LogP contribution in [-0.4, -0.2) is 52.7 Å². The summed E-state index contributed by atoms with van der Waals surface area (Å²) in [6.07, 6.45) is 6.15. The number of hydrogen-bond donors (Lipinski definition) is 1. The molecule has 1 aliphatic heterocycles. The summed E-state index contributed by atoms with van der Waals surface area (Å²) < 4.78 is 21.2. The van der Waals surface area contributed by atoms with Crippen LogP contribution in [0, 0.1) is 5.82 Å². The third kappa shape index (κ3) is 5.31. The summed E-state index contributed by atoms with van der Waals surface area (Å²) in [5.74, 6) is -0.280. The van der Waals surface area contributed by atoms with E-state index in [0.717, 1.165) is 36.0 Å². The summed E-state index contributed by atoms with van der Waals surface area (Å²) >= 11 is 0. The highest BCUT2D eigenvalue weighted by Crippen LogP contribution is 2.31. The molecule has 1 amide bonds. The molecule has 1 fully saturated rings. The molecule has 1 aromatic heterocycles. The van der Waals surface area contributed by atoms with Crippen molar-refractivity contribution in [3.63, 3.8) is 0 Å². The van der Waals surface area contributed by atoms with E-state index in [9.17, 15) is 9.18 Å². The molecule has 2 unspecified atom stereocenters. The first kappa shape index (κ1) is 23.1. The van der Waals surface area contributed by atoms with E-state index >= 15 is 0 Å². The number of benzene rings is 2. The quantitative estimate of drug-likeness (QED) is 0.584. The molecule has 1 saturated heterocycles. The lowest BCUT2D eigenvalue weighted by molar-refractivity contribution is 0.0476. The van der Waals surface area contributed by atoms with Crippen LogP contribution in [-0.2, 0) is 4.74 Å². The Morgan fingerprint density at radius 2 is 1.97 bits per heavy atom. The van der Waals surface area contributed by atoms with Gasteiger partial charge in [-0.3, -0.25) is 4.79 Å². The number of hydrogen-bond acceptors (Lipinski definition) is 4. The van der Waals surface area contributed by atoms with Crippen molar-refractivity contribution in [2.24, 2.45) is 5.73 Å². The normalized spacial score (nSPS) is 17.5. The minimum Gasteiger partial charge on any atom is -0.377 e. The van der Waals surface area contributed by atoms with Crippen LogP contribution in [0.3, 0.4) is 0 Å². The standard InChI is InChI=1S/C26H31FN4O2/c1-19(23-6-2-3-7-24(23)20-8-10-21(27)11-9-20)31-18-29-17-25(31)26(32)30-14-4-5-22(12-15-30)33-16-13-28/h2-3,6-11,17-19,22H,4-5,12-16,28H2,1H3. The van der Waals surface area contributed by atoms with Crippen LogP contribution in [0.1, 0.15) is 48.3 Å². The number of nitrogens with two attached hydrogens (primary N) is 1. The van der Waals surface area contributed by atoms with Crippen LogP contribution in [0.4, 0.5) is 4.39 Å². The molecule has 0 aliphatic carbocycles. The number of carbonyl (C=O) groups is 1. The predicted molar refractivity (Wildman–Crippen MR) is 126 cm³/mol. The van der Waals surface area contributed by atoms with Crippen molar-refractivity contribution in [2.45, 2.75) is 38.3 Å². The van der Waals surface area contributed by atoms with Crippen molar-refractivity contribution in [3.8, 4) is 11.1 Å². The summed E-state index contributed by atoms with van der Waals surface area (Å²) in [6, 6.07) is 14.4. The van der Waals surface area contributed by atoms with Gasteiger partial charge in [-0.25, -0.2) is 9.37 Å². The zero-order chi connectivity index (χ0) is 23.2. The molecule has 2 atom stereocenters. The van der Waals surface area contributed by atoms with Crippen molar-refractivity contribution in [2.75, 3.05) is 26.2 Å². The van der Waals surface area contributed by atoms with Gasteiger partial charge in [0, 0.05) is 19.6 Å². The highest BCUT2D eigenvalue weighted by molar-refractivity contribution is 5.92. The van der Waals surface area contributed by atoms with Gasteiger partial charge in [-0.1, -0.05) is 36.4 Å². The van der Waals surface area contributed by atoms with E-state index in [4.69, 9.17) is 10.5 Å². The molecule has 174 valence electrons. The minimum atomic E-state index is -0.264. The van der Waals surface area contributed by atoms with Gasteiger partial charge in [0.05, 0.1) is 31.3 Å². The van der Waals surface area contributed by atoms with E-state index in [1.165, 1.54) is 12.1 Å². The van der Waals surface area contributed by atoms with Crippen molar-refractivity contribution in [3.05, 3.63) is 78.1 Å². The van der Waals surface area contributed by atoms with E-state index in [2.05, 4.69) is 11.9 Å². The first-order valence-electron chi connectivity index (χ1n) is 11.6. The van der Waals surface area contributed by atoms with Gasteiger partial charge in [-0.05, 0) is 55.0 Å². The topological polar surface area (TPSA) is 73.4 Å². The third-order valence-corrected chi connectivity index (χ3v) is 6.30. The Morgan fingerprint density at radius 3 is 2.76 bits per heavy atom. The molecule has 2 heterocycles. The molecular weight excluding hydrogens is 419 g/mol. The number of aromatic nitrogens is 2. The second-order valence-electron chi connectivity index (χ2n) is 8.46. The Kier molecular flexibility index (Phi) is 7.52. The maximum absolute atomic E-state index is 13.4. The molecule has 33 heavy (non-hydrogen) atoms. The number of rotatable bonds is 7. The van der Waals surface area contributed by atoms with Crippen molar-refractivity contribution >= 4 is 5.91 Å². The van der Waals surface area contributed by atoms with Crippen LogP contribution in [0.2, 0.25) is 0 Å². The van der Waals surface area contributed by atoms with Crippen LogP contribution in [0.25, 0.3) is 11.1 Å². The number of imidazole rings is 1. The Balaban J connectivity index is 1.56. The van der Waals surface area contributed by atoms with Gasteiger partial charge in [-0.15, -0.1) is 0 Å². The van der Waals surface area contributed by atoms with E-state index in [-0.39, 0.29) is 23.9 Å². The number of nitrogens with zero attached hydrogens (tertiary/aromatic N) is 3. The second kappa shape index (κ2) is 10.7. The fraction of sp³-hybridized carbons (Fsp3) is 0.385. The number of carbonyl (C=O) groups excluding carboxylic acids is 1. The lowest BCUT2D eigenvalue weighted by Crippen LogP contribution is -2.34. The molecule has 0 bridgehead atoms. The van der Waals surface area contributed by atoms with E-state index in [1.807, 2.05) is 33.7 Å². The summed E-state index contributed by atoms with van der Waals surface area (Å²) in [5, 5.41) is 0. The fourth-order valence-electron chi connectivity index (χ4n) is 4.51. The zero-order valence-electron chi connectivity index (χ0n) is 19.0. The number of likely N-dealkylation sites (tertiary alicyclic amines) is 1. The smallest absolute Gasteiger partial charge is 0.272 e. The van der Waals surface area contributed by atoms with Gasteiger partial charge >= 0.3 is 0 Å². The average Bonchev–Trinajstić information content (AvgIpc) is 3.21. The summed E-state index contributed by atoms with van der Waals surface area (Å²) in [5.41, 5.74) is 9.11. The first-order valence-corrected chi connectivity index (χ1v) is 11.6. The second-order valence-corrected chi connectivity index (χ2v) is 8.46. The Morgan fingerprint density at radius 1 is 1.18 bits per heavy atom. The van der Waals surface area contributed by atoms with E-state index in [0.29, 0.717) is 31.9 Å². The lowest BCUT2D eigenvalue weighted by Gasteiger charge is -2.24. The molecule has 0 radical (unpaired) electrons. The number of ether oxygens (including phenoxy) is 1. The largest absolute Gasteiger partial charge is 0.377 e. The average molecular weight is 451 g/mol. The maximum Gasteiger partial charge on any atom is 0.272 e. The van der Waals surface area contributed by atoms with Crippen molar-refractivity contribution in [1.29, 1.82) is 0 Å². The zero-order valence-corrected chi connectivity index (χ0v) is 19.0. The fourth-order valence-corrected chi connectivity index (χ4v) is 4.51. The molecule has 3 aromatic rings. The van der Waals surface area contributed by atoms with Crippen molar-refractivity contribution in [1.82, 2.24) is 14.5 Å².